The second-order valence-electron chi connectivity index (χ2n) is 3.34. The first-order chi connectivity index (χ1) is 5.90. The lowest BCUT2D eigenvalue weighted by molar-refractivity contribution is 0.119. The van der Waals surface area contributed by atoms with Gasteiger partial charge in [-0.25, -0.2) is 5.48 Å². The Bertz CT molecular complexity index is 272. The van der Waals surface area contributed by atoms with Gasteiger partial charge in [-0.3, -0.25) is 0 Å². The Morgan fingerprint density at radius 3 is 2.75 bits per heavy atom. The van der Waals surface area contributed by atoms with Gasteiger partial charge in [0.1, 0.15) is 0 Å². The first kappa shape index (κ1) is 7.77. The molecule has 0 amide bonds. The maximum Gasteiger partial charge on any atom is 0.0363 e. The van der Waals surface area contributed by atoms with E-state index in [9.17, 15) is 0 Å². The molecule has 64 valence electrons. The summed E-state index contributed by atoms with van der Waals surface area (Å²) in [5, 5.41) is 8.77. The second kappa shape index (κ2) is 3.25. The minimum absolute atomic E-state index is 0.250. The molecule has 12 heavy (non-hydrogen) atoms. The van der Waals surface area contributed by atoms with Crippen LogP contribution in [0.5, 0.6) is 0 Å². The molecule has 2 N–H and O–H groups in total. The van der Waals surface area contributed by atoms with Gasteiger partial charge in [0.25, 0.3) is 0 Å². The zero-order valence-electron chi connectivity index (χ0n) is 6.96. The molecule has 1 aliphatic rings. The van der Waals surface area contributed by atoms with Gasteiger partial charge in [-0.05, 0) is 30.4 Å². The fourth-order valence-corrected chi connectivity index (χ4v) is 1.81. The van der Waals surface area contributed by atoms with Crippen molar-refractivity contribution in [1.82, 2.24) is 5.48 Å². The highest BCUT2D eigenvalue weighted by Gasteiger charge is 2.16. The van der Waals surface area contributed by atoms with Crippen LogP contribution in [0.3, 0.4) is 0 Å². The van der Waals surface area contributed by atoms with Crippen LogP contribution in [-0.4, -0.2) is 11.2 Å². The molecule has 0 spiro atoms. The Morgan fingerprint density at radius 2 is 2.00 bits per heavy atom. The van der Waals surface area contributed by atoms with E-state index in [0.29, 0.717) is 0 Å². The SMILES string of the molecule is ONC1CCc2ccccc2C1. The van der Waals surface area contributed by atoms with Gasteiger partial charge in [0.2, 0.25) is 0 Å². The molecule has 2 rings (SSSR count). The molecule has 0 saturated carbocycles. The van der Waals surface area contributed by atoms with Crippen LogP contribution in [0.4, 0.5) is 0 Å². The van der Waals surface area contributed by atoms with Crippen LogP contribution in [-0.2, 0) is 12.8 Å². The third-order valence-corrected chi connectivity index (χ3v) is 2.53. The van der Waals surface area contributed by atoms with Gasteiger partial charge in [-0.2, -0.15) is 0 Å². The highest BCUT2D eigenvalue weighted by atomic mass is 16.5. The van der Waals surface area contributed by atoms with Crippen molar-refractivity contribution < 1.29 is 5.21 Å². The summed E-state index contributed by atoms with van der Waals surface area (Å²) in [5.74, 6) is 0. The minimum Gasteiger partial charge on any atom is -0.317 e. The third kappa shape index (κ3) is 1.36. The van der Waals surface area contributed by atoms with Gasteiger partial charge in [0.15, 0.2) is 0 Å². The first-order valence-corrected chi connectivity index (χ1v) is 4.36. The number of hydrogen-bond acceptors (Lipinski definition) is 2. The van der Waals surface area contributed by atoms with Crippen molar-refractivity contribution in [3.8, 4) is 0 Å². The number of nitrogens with one attached hydrogen (secondary N) is 1. The van der Waals surface area contributed by atoms with Crippen LogP contribution in [0.2, 0.25) is 0 Å². The fraction of sp³-hybridized carbons (Fsp3) is 0.400. The maximum absolute atomic E-state index is 8.77. The molecule has 0 radical (unpaired) electrons. The van der Waals surface area contributed by atoms with Gasteiger partial charge in [0.05, 0.1) is 0 Å². The summed E-state index contributed by atoms with van der Waals surface area (Å²) in [6.45, 7) is 0. The Balaban J connectivity index is 2.23. The Kier molecular flexibility index (Phi) is 2.11. The van der Waals surface area contributed by atoms with Crippen molar-refractivity contribution in [3.63, 3.8) is 0 Å². The number of aryl methyl sites for hydroxylation is 1. The van der Waals surface area contributed by atoms with Gasteiger partial charge >= 0.3 is 0 Å². The van der Waals surface area contributed by atoms with Gasteiger partial charge in [0, 0.05) is 6.04 Å². The van der Waals surface area contributed by atoms with E-state index in [0.717, 1.165) is 19.3 Å². The van der Waals surface area contributed by atoms with E-state index in [4.69, 9.17) is 5.21 Å². The van der Waals surface area contributed by atoms with Gasteiger partial charge in [-0.1, -0.05) is 24.3 Å². The highest BCUT2D eigenvalue weighted by Crippen LogP contribution is 2.20. The van der Waals surface area contributed by atoms with E-state index in [2.05, 4.69) is 29.7 Å². The lowest BCUT2D eigenvalue weighted by atomic mass is 9.89. The van der Waals surface area contributed by atoms with Crippen LogP contribution >= 0.6 is 0 Å². The Hall–Kier alpha value is -0.860. The second-order valence-corrected chi connectivity index (χ2v) is 3.34. The predicted molar refractivity (Wildman–Crippen MR) is 47.2 cm³/mol. The number of fused-ring (bicyclic) bond motifs is 1. The summed E-state index contributed by atoms with van der Waals surface area (Å²) in [6.07, 6.45) is 3.06. The summed E-state index contributed by atoms with van der Waals surface area (Å²) in [4.78, 5) is 0. The summed E-state index contributed by atoms with van der Waals surface area (Å²) in [7, 11) is 0. The molecule has 1 atom stereocenters. The van der Waals surface area contributed by atoms with Crippen molar-refractivity contribution in [1.29, 1.82) is 0 Å². The van der Waals surface area contributed by atoms with Crippen molar-refractivity contribution in [2.24, 2.45) is 0 Å². The molecule has 1 aromatic carbocycles. The van der Waals surface area contributed by atoms with E-state index >= 15 is 0 Å². The number of rotatable bonds is 1. The monoisotopic (exact) mass is 163 g/mol. The largest absolute Gasteiger partial charge is 0.317 e. The van der Waals surface area contributed by atoms with Crippen molar-refractivity contribution in [2.75, 3.05) is 0 Å². The highest BCUT2D eigenvalue weighted by molar-refractivity contribution is 5.30. The number of benzene rings is 1. The standard InChI is InChI=1S/C10H13NO/c12-11-10-6-5-8-3-1-2-4-9(8)7-10/h1-4,10-12H,5-7H2. The first-order valence-electron chi connectivity index (χ1n) is 4.36. The van der Waals surface area contributed by atoms with Crippen LogP contribution in [0.25, 0.3) is 0 Å². The molecule has 0 heterocycles. The van der Waals surface area contributed by atoms with E-state index in [1.54, 1.807) is 0 Å². The molecular weight excluding hydrogens is 150 g/mol. The predicted octanol–water partition coefficient (Wildman–Crippen LogP) is 1.52. The van der Waals surface area contributed by atoms with E-state index < -0.39 is 0 Å². The summed E-state index contributed by atoms with van der Waals surface area (Å²) in [5.41, 5.74) is 5.15. The lowest BCUT2D eigenvalue weighted by Crippen LogP contribution is -2.31. The fourth-order valence-electron chi connectivity index (χ4n) is 1.81. The van der Waals surface area contributed by atoms with Gasteiger partial charge < -0.3 is 5.21 Å². The molecule has 2 nitrogen and oxygen atoms in total. The van der Waals surface area contributed by atoms with E-state index in [-0.39, 0.29) is 6.04 Å². The van der Waals surface area contributed by atoms with Crippen LogP contribution in [0.15, 0.2) is 24.3 Å². The molecule has 0 aromatic heterocycles. The molecule has 2 heteroatoms. The van der Waals surface area contributed by atoms with E-state index in [1.165, 1.54) is 11.1 Å². The third-order valence-electron chi connectivity index (χ3n) is 2.53. The molecule has 1 aliphatic carbocycles. The maximum atomic E-state index is 8.77. The molecule has 0 fully saturated rings. The molecular formula is C10H13NO. The normalized spacial score (nSPS) is 21.9. The average molecular weight is 163 g/mol. The quantitative estimate of drug-likeness (QED) is 0.615. The summed E-state index contributed by atoms with van der Waals surface area (Å²) >= 11 is 0. The zero-order chi connectivity index (χ0) is 8.39. The topological polar surface area (TPSA) is 32.3 Å². The van der Waals surface area contributed by atoms with Crippen molar-refractivity contribution in [2.45, 2.75) is 25.3 Å². The molecule has 1 aromatic rings. The summed E-state index contributed by atoms with van der Waals surface area (Å²) in [6, 6.07) is 8.69. The smallest absolute Gasteiger partial charge is 0.0363 e. The molecule has 1 unspecified atom stereocenters. The number of hydrogen-bond donors (Lipinski definition) is 2. The molecule has 0 aliphatic heterocycles. The average Bonchev–Trinajstić information content (AvgIpc) is 2.17. The summed E-state index contributed by atoms with van der Waals surface area (Å²) < 4.78 is 0. The zero-order valence-corrected chi connectivity index (χ0v) is 6.96. The van der Waals surface area contributed by atoms with Gasteiger partial charge in [-0.15, -0.1) is 0 Å². The van der Waals surface area contributed by atoms with E-state index in [1.807, 2.05) is 0 Å². The van der Waals surface area contributed by atoms with Crippen LogP contribution in [0.1, 0.15) is 17.5 Å². The molecule has 0 saturated heterocycles. The van der Waals surface area contributed by atoms with Crippen LogP contribution < -0.4 is 5.48 Å². The molecule has 0 bridgehead atoms. The van der Waals surface area contributed by atoms with Crippen LogP contribution in [0, 0.1) is 0 Å². The number of hydroxylamine groups is 1. The van der Waals surface area contributed by atoms with Crippen molar-refractivity contribution >= 4 is 0 Å². The lowest BCUT2D eigenvalue weighted by Gasteiger charge is -2.22. The Labute approximate surface area is 72.2 Å². The minimum atomic E-state index is 0.250. The van der Waals surface area contributed by atoms with Crippen molar-refractivity contribution in [3.05, 3.63) is 35.4 Å². The Morgan fingerprint density at radius 1 is 1.25 bits per heavy atom.